The fourth-order valence-electron chi connectivity index (χ4n) is 3.66. The zero-order valence-corrected chi connectivity index (χ0v) is 19.2. The predicted octanol–water partition coefficient (Wildman–Crippen LogP) is 5.80. The second-order valence-electron chi connectivity index (χ2n) is 7.55. The predicted molar refractivity (Wildman–Crippen MR) is 128 cm³/mol. The number of nitrogens with one attached hydrogen (secondary N) is 2. The number of fused-ring (bicyclic) bond motifs is 1. The Balaban J connectivity index is 1.60. The van der Waals surface area contributed by atoms with E-state index >= 15 is 0 Å². The van der Waals surface area contributed by atoms with Crippen LogP contribution in [0.3, 0.4) is 0 Å². The molecule has 0 spiro atoms. The Morgan fingerprint density at radius 3 is 2.53 bits per heavy atom. The van der Waals surface area contributed by atoms with Crippen LogP contribution in [0.15, 0.2) is 54.9 Å². The zero-order valence-electron chi connectivity index (χ0n) is 17.7. The highest BCUT2D eigenvalue weighted by atomic mass is 35.5. The summed E-state index contributed by atoms with van der Waals surface area (Å²) in [4.78, 5) is 24.8. The van der Waals surface area contributed by atoms with Gasteiger partial charge in [-0.1, -0.05) is 66.5 Å². The van der Waals surface area contributed by atoms with Gasteiger partial charge in [-0.05, 0) is 23.1 Å². The first kappa shape index (κ1) is 22.1. The van der Waals surface area contributed by atoms with Crippen molar-refractivity contribution < 1.29 is 9.53 Å². The number of rotatable bonds is 7. The second-order valence-corrected chi connectivity index (χ2v) is 8.37. The molecule has 32 heavy (non-hydrogen) atoms. The molecule has 2 N–H and O–H groups in total. The van der Waals surface area contributed by atoms with Gasteiger partial charge in [0.15, 0.2) is 0 Å². The Kier molecular flexibility index (Phi) is 6.63. The second kappa shape index (κ2) is 9.59. The van der Waals surface area contributed by atoms with Crippen LogP contribution in [0.1, 0.15) is 29.8 Å². The molecule has 0 radical (unpaired) electrons. The molecule has 1 atom stereocenters. The molecule has 0 aliphatic heterocycles. The van der Waals surface area contributed by atoms with Gasteiger partial charge in [0.1, 0.15) is 17.1 Å². The first-order valence-corrected chi connectivity index (χ1v) is 10.9. The number of methoxy groups -OCH3 is 1. The molecular weight excluding hydrogens is 447 g/mol. The quantitative estimate of drug-likeness (QED) is 0.359. The Labute approximate surface area is 195 Å². The number of hydrogen-bond donors (Lipinski definition) is 2. The summed E-state index contributed by atoms with van der Waals surface area (Å²) in [7, 11) is 1.61. The maximum atomic E-state index is 12.7. The summed E-state index contributed by atoms with van der Waals surface area (Å²) in [5, 5.41) is 3.33. The molecule has 0 unspecified atom stereocenters. The topological polar surface area (TPSA) is 79.9 Å². The molecule has 2 heterocycles. The van der Waals surface area contributed by atoms with Crippen LogP contribution in [-0.4, -0.2) is 28.0 Å². The average molecular weight is 469 g/mol. The molecular formula is C24H22Cl2N4O2. The van der Waals surface area contributed by atoms with Crippen molar-refractivity contribution in [2.75, 3.05) is 12.4 Å². The van der Waals surface area contributed by atoms with E-state index in [9.17, 15) is 4.79 Å². The van der Waals surface area contributed by atoms with Gasteiger partial charge in [0, 0.05) is 18.8 Å². The van der Waals surface area contributed by atoms with Crippen LogP contribution in [0.2, 0.25) is 10.0 Å². The molecule has 1 amide bonds. The van der Waals surface area contributed by atoms with Crippen LogP contribution < -0.4 is 10.1 Å². The van der Waals surface area contributed by atoms with Crippen LogP contribution >= 0.6 is 23.2 Å². The number of halogens is 2. The van der Waals surface area contributed by atoms with Crippen molar-refractivity contribution in [2.45, 2.75) is 25.7 Å². The number of carbonyl (C=O) groups excluding carboxylic acids is 1. The molecule has 0 aliphatic rings. The van der Waals surface area contributed by atoms with Gasteiger partial charge in [-0.25, -0.2) is 4.98 Å². The lowest BCUT2D eigenvalue weighted by Gasteiger charge is -2.10. The van der Waals surface area contributed by atoms with Crippen molar-refractivity contribution >= 4 is 45.8 Å². The van der Waals surface area contributed by atoms with Gasteiger partial charge in [0.05, 0.1) is 34.8 Å². The van der Waals surface area contributed by atoms with Gasteiger partial charge < -0.3 is 15.0 Å². The van der Waals surface area contributed by atoms with E-state index in [0.29, 0.717) is 17.0 Å². The van der Waals surface area contributed by atoms with Crippen molar-refractivity contribution in [3.05, 3.63) is 81.9 Å². The van der Waals surface area contributed by atoms with Gasteiger partial charge in [-0.15, -0.1) is 0 Å². The summed E-state index contributed by atoms with van der Waals surface area (Å²) in [6.07, 6.45) is 3.70. The van der Waals surface area contributed by atoms with Crippen LogP contribution in [0.25, 0.3) is 11.0 Å². The number of aromatic nitrogens is 3. The smallest absolute Gasteiger partial charge is 0.228 e. The number of H-pyrrole nitrogens is 1. The molecule has 8 heteroatoms. The largest absolute Gasteiger partial charge is 0.494 e. The van der Waals surface area contributed by atoms with Crippen LogP contribution in [0, 0.1) is 0 Å². The number of nitrogens with zero attached hydrogens (tertiary/aromatic N) is 2. The highest BCUT2D eigenvalue weighted by Gasteiger charge is 2.18. The summed E-state index contributed by atoms with van der Waals surface area (Å²) in [5.74, 6) is 1.54. The van der Waals surface area contributed by atoms with E-state index in [-0.39, 0.29) is 28.3 Å². The van der Waals surface area contributed by atoms with Crippen molar-refractivity contribution in [3.63, 3.8) is 0 Å². The Morgan fingerprint density at radius 2 is 1.84 bits per heavy atom. The lowest BCUT2D eigenvalue weighted by molar-refractivity contribution is -0.115. The van der Waals surface area contributed by atoms with Crippen molar-refractivity contribution in [1.82, 2.24) is 15.0 Å². The van der Waals surface area contributed by atoms with Crippen LogP contribution in [-0.2, 0) is 17.6 Å². The van der Waals surface area contributed by atoms with E-state index in [1.165, 1.54) is 18.0 Å². The van der Waals surface area contributed by atoms with Crippen molar-refractivity contribution in [3.8, 4) is 5.75 Å². The summed E-state index contributed by atoms with van der Waals surface area (Å²) >= 11 is 12.2. The Morgan fingerprint density at radius 1 is 1.12 bits per heavy atom. The molecule has 0 bridgehead atoms. The van der Waals surface area contributed by atoms with Gasteiger partial charge in [-0.3, -0.25) is 9.78 Å². The Bertz CT molecular complexity index is 1240. The zero-order chi connectivity index (χ0) is 22.7. The third-order valence-corrected chi connectivity index (χ3v) is 5.87. The first-order valence-electron chi connectivity index (χ1n) is 10.1. The first-order chi connectivity index (χ1) is 15.5. The number of carbonyl (C=O) groups is 1. The number of ether oxygens (including phenoxy) is 1. The van der Waals surface area contributed by atoms with E-state index in [1.807, 2.05) is 30.3 Å². The van der Waals surface area contributed by atoms with E-state index in [1.54, 1.807) is 7.11 Å². The normalized spacial score (nSPS) is 12.0. The molecule has 0 saturated heterocycles. The summed E-state index contributed by atoms with van der Waals surface area (Å²) in [6, 6.07) is 14.0. The molecule has 0 saturated carbocycles. The maximum Gasteiger partial charge on any atom is 0.228 e. The number of aromatic amines is 1. The van der Waals surface area contributed by atoms with Gasteiger partial charge >= 0.3 is 0 Å². The van der Waals surface area contributed by atoms with E-state index in [0.717, 1.165) is 23.3 Å². The summed E-state index contributed by atoms with van der Waals surface area (Å²) < 4.78 is 5.50. The number of benzene rings is 2. The van der Waals surface area contributed by atoms with Gasteiger partial charge in [0.25, 0.3) is 0 Å². The summed E-state index contributed by atoms with van der Waals surface area (Å²) in [6.45, 7) is 2.16. The summed E-state index contributed by atoms with van der Waals surface area (Å²) in [5.41, 5.74) is 3.84. The maximum absolute atomic E-state index is 12.7. The number of anilines is 1. The fourth-order valence-corrected chi connectivity index (χ4v) is 4.12. The number of imidazole rings is 1. The van der Waals surface area contributed by atoms with Gasteiger partial charge in [-0.2, -0.15) is 0 Å². The van der Waals surface area contributed by atoms with Crippen LogP contribution in [0.4, 0.5) is 5.69 Å². The molecule has 6 nitrogen and oxygen atoms in total. The third-order valence-electron chi connectivity index (χ3n) is 5.30. The lowest BCUT2D eigenvalue weighted by Crippen LogP contribution is -2.15. The SMILES string of the molecule is COc1ccc(CC(=O)Nc2c(Cl)cncc2Cl)c2nc(C[C@@H](C)c3ccccc3)[nH]c12. The Hall–Kier alpha value is -3.09. The average Bonchev–Trinajstić information content (AvgIpc) is 3.21. The molecule has 4 rings (SSSR count). The molecule has 164 valence electrons. The number of hydrogen-bond acceptors (Lipinski definition) is 4. The van der Waals surface area contributed by atoms with Crippen molar-refractivity contribution in [2.24, 2.45) is 0 Å². The fraction of sp³-hybridized carbons (Fsp3) is 0.208. The van der Waals surface area contributed by atoms with E-state index in [4.69, 9.17) is 32.9 Å². The minimum atomic E-state index is -0.256. The number of amides is 1. The molecule has 2 aromatic heterocycles. The molecule has 4 aromatic rings. The van der Waals surface area contributed by atoms with E-state index in [2.05, 4.69) is 34.3 Å². The van der Waals surface area contributed by atoms with Crippen molar-refractivity contribution in [1.29, 1.82) is 0 Å². The highest BCUT2D eigenvalue weighted by molar-refractivity contribution is 6.39. The monoisotopic (exact) mass is 468 g/mol. The number of pyridine rings is 1. The standard InChI is InChI=1S/C24H22Cl2N4O2/c1-14(15-6-4-3-5-7-15)10-20-28-22-16(8-9-19(32-2)24(22)29-20)11-21(31)30-23-17(25)12-27-13-18(23)26/h3-9,12-14H,10-11H2,1-2H3,(H,28,29)(H,27,30,31)/t14-/m1/s1. The minimum absolute atomic E-state index is 0.105. The molecule has 2 aromatic carbocycles. The van der Waals surface area contributed by atoms with Crippen LogP contribution in [0.5, 0.6) is 5.75 Å². The minimum Gasteiger partial charge on any atom is -0.494 e. The third kappa shape index (κ3) is 4.71. The molecule has 0 aliphatic carbocycles. The highest BCUT2D eigenvalue weighted by Crippen LogP contribution is 2.31. The lowest BCUT2D eigenvalue weighted by atomic mass is 9.98. The van der Waals surface area contributed by atoms with Gasteiger partial charge in [0.2, 0.25) is 5.91 Å². The van der Waals surface area contributed by atoms with E-state index < -0.39 is 0 Å². The molecule has 0 fully saturated rings.